The third-order valence-corrected chi connectivity index (χ3v) is 6.22. The third-order valence-electron chi connectivity index (χ3n) is 4.83. The molecule has 0 saturated heterocycles. The van der Waals surface area contributed by atoms with Gasteiger partial charge in [0.15, 0.2) is 22.6 Å². The summed E-state index contributed by atoms with van der Waals surface area (Å²) in [4.78, 5) is 19.6. The van der Waals surface area contributed by atoms with Crippen LogP contribution in [0.25, 0.3) is 11.0 Å². The van der Waals surface area contributed by atoms with E-state index in [0.29, 0.717) is 50.3 Å². The van der Waals surface area contributed by atoms with E-state index in [0.717, 1.165) is 5.69 Å². The van der Waals surface area contributed by atoms with E-state index >= 15 is 0 Å². The van der Waals surface area contributed by atoms with Crippen LogP contribution in [0.2, 0.25) is 5.02 Å². The lowest BCUT2D eigenvalue weighted by Crippen LogP contribution is -2.33. The van der Waals surface area contributed by atoms with Gasteiger partial charge in [-0.1, -0.05) is 29.8 Å². The first kappa shape index (κ1) is 27.9. The zero-order chi connectivity index (χ0) is 27.0. The molecule has 9 nitrogen and oxygen atoms in total. The maximum atomic E-state index is 13.0. The van der Waals surface area contributed by atoms with Crippen LogP contribution in [0, 0.1) is 0 Å². The Morgan fingerprint density at radius 1 is 1.00 bits per heavy atom. The lowest BCUT2D eigenvalue weighted by atomic mass is 10.1. The van der Waals surface area contributed by atoms with E-state index in [1.807, 2.05) is 49.5 Å². The number of ether oxygens (including phenoxy) is 1. The van der Waals surface area contributed by atoms with Crippen LogP contribution in [0.15, 0.2) is 71.6 Å². The SMILES string of the molecule is CC(C)(N)C=O.CNc1cccc(S(=O)Nc2nc3ccccc3nc2Nc2cc(OC)ccc2Cl)c1. The number of aldehydes is 1. The molecule has 1 atom stereocenters. The summed E-state index contributed by atoms with van der Waals surface area (Å²) in [5.41, 5.74) is 7.35. The fourth-order valence-electron chi connectivity index (χ4n) is 2.93. The molecule has 1 heterocycles. The number of nitrogens with zero attached hydrogens (tertiary/aromatic N) is 2. The smallest absolute Gasteiger partial charge is 0.182 e. The highest BCUT2D eigenvalue weighted by Crippen LogP contribution is 2.32. The standard InChI is InChI=1S/C22H20ClN5O2S.C4H9NO/c1-24-14-6-5-7-16(12-14)31(29)28-22-21(25-18-8-3-4-9-19(18)26-22)27-20-13-15(30-2)10-11-17(20)23;1-4(2,5)3-6/h3-13,24H,1-2H3,(H,25,27)(H,26,28);3H,5H2,1-2H3. The number of hydrogen-bond donors (Lipinski definition) is 4. The Hall–Kier alpha value is -3.73. The number of hydrogen-bond acceptors (Lipinski definition) is 8. The Morgan fingerprint density at radius 2 is 1.65 bits per heavy atom. The summed E-state index contributed by atoms with van der Waals surface area (Å²) in [7, 11) is 1.83. The normalized spacial score (nSPS) is 11.6. The molecule has 37 heavy (non-hydrogen) atoms. The number of anilines is 4. The molecule has 1 unspecified atom stereocenters. The molecule has 0 amide bonds. The average molecular weight is 541 g/mol. The minimum atomic E-state index is -1.56. The monoisotopic (exact) mass is 540 g/mol. The molecule has 0 aliphatic rings. The van der Waals surface area contributed by atoms with Crippen molar-refractivity contribution in [2.24, 2.45) is 5.73 Å². The van der Waals surface area contributed by atoms with Crippen LogP contribution >= 0.6 is 11.6 Å². The maximum absolute atomic E-state index is 13.0. The first-order chi connectivity index (χ1) is 17.6. The second-order valence-corrected chi connectivity index (χ2v) is 10.1. The van der Waals surface area contributed by atoms with Crippen LogP contribution < -0.4 is 25.8 Å². The van der Waals surface area contributed by atoms with E-state index in [4.69, 9.17) is 22.1 Å². The van der Waals surface area contributed by atoms with Gasteiger partial charge in [-0.15, -0.1) is 0 Å². The summed E-state index contributed by atoms with van der Waals surface area (Å²) < 4.78 is 21.3. The number of nitrogens with one attached hydrogen (secondary N) is 3. The summed E-state index contributed by atoms with van der Waals surface area (Å²) in [6, 6.07) is 20.0. The summed E-state index contributed by atoms with van der Waals surface area (Å²) in [6.07, 6.45) is 0.715. The molecule has 1 aromatic heterocycles. The number of nitrogens with two attached hydrogens (primary N) is 1. The highest BCUT2D eigenvalue weighted by molar-refractivity contribution is 7.86. The van der Waals surface area contributed by atoms with Crippen LogP contribution in [0.3, 0.4) is 0 Å². The number of carbonyl (C=O) groups excluding carboxylic acids is 1. The molecule has 194 valence electrons. The molecule has 0 bridgehead atoms. The van der Waals surface area contributed by atoms with Gasteiger partial charge in [0.25, 0.3) is 0 Å². The highest BCUT2D eigenvalue weighted by Gasteiger charge is 2.15. The molecule has 0 saturated carbocycles. The summed E-state index contributed by atoms with van der Waals surface area (Å²) >= 11 is 6.36. The zero-order valence-corrected chi connectivity index (χ0v) is 22.5. The average Bonchev–Trinajstić information content (AvgIpc) is 2.90. The van der Waals surface area contributed by atoms with Gasteiger partial charge in [-0.05, 0) is 56.3 Å². The van der Waals surface area contributed by atoms with Crippen molar-refractivity contribution in [2.45, 2.75) is 24.3 Å². The molecular weight excluding hydrogens is 512 g/mol. The molecule has 0 aliphatic heterocycles. The van der Waals surface area contributed by atoms with Crippen LogP contribution in [0.4, 0.5) is 23.0 Å². The maximum Gasteiger partial charge on any atom is 0.182 e. The van der Waals surface area contributed by atoms with Gasteiger partial charge in [0, 0.05) is 18.8 Å². The van der Waals surface area contributed by atoms with E-state index in [2.05, 4.69) is 25.3 Å². The third kappa shape index (κ3) is 7.88. The van der Waals surface area contributed by atoms with Gasteiger partial charge in [0.1, 0.15) is 12.0 Å². The van der Waals surface area contributed by atoms with Gasteiger partial charge in [-0.2, -0.15) is 0 Å². The number of carbonyl (C=O) groups is 1. The lowest BCUT2D eigenvalue weighted by Gasteiger charge is -2.15. The Bertz CT molecular complexity index is 1410. The quantitative estimate of drug-likeness (QED) is 0.226. The largest absolute Gasteiger partial charge is 0.497 e. The minimum absolute atomic E-state index is 0.339. The first-order valence-electron chi connectivity index (χ1n) is 11.2. The number of fused-ring (bicyclic) bond motifs is 1. The lowest BCUT2D eigenvalue weighted by molar-refractivity contribution is -0.111. The molecule has 11 heteroatoms. The number of benzene rings is 3. The predicted octanol–water partition coefficient (Wildman–Crippen LogP) is 5.13. The van der Waals surface area contributed by atoms with Gasteiger partial charge in [-0.25, -0.2) is 14.2 Å². The molecule has 0 spiro atoms. The highest BCUT2D eigenvalue weighted by atomic mass is 35.5. The van der Waals surface area contributed by atoms with E-state index in [1.165, 1.54) is 0 Å². The fourth-order valence-corrected chi connectivity index (χ4v) is 3.96. The van der Waals surface area contributed by atoms with Crippen LogP contribution in [0.1, 0.15) is 13.8 Å². The van der Waals surface area contributed by atoms with Crippen molar-refractivity contribution in [3.05, 3.63) is 71.8 Å². The van der Waals surface area contributed by atoms with Gasteiger partial charge in [0.05, 0.1) is 39.3 Å². The first-order valence-corrected chi connectivity index (χ1v) is 12.7. The van der Waals surface area contributed by atoms with Gasteiger partial charge >= 0.3 is 0 Å². The zero-order valence-electron chi connectivity index (χ0n) is 20.9. The molecule has 0 fully saturated rings. The second-order valence-electron chi connectivity index (χ2n) is 8.47. The van der Waals surface area contributed by atoms with Gasteiger partial charge < -0.3 is 25.9 Å². The summed E-state index contributed by atoms with van der Waals surface area (Å²) in [5.74, 6) is 1.38. The topological polar surface area (TPSA) is 131 Å². The molecule has 3 aromatic carbocycles. The van der Waals surface area contributed by atoms with E-state index in [-0.39, 0.29) is 0 Å². The van der Waals surface area contributed by atoms with Crippen LogP contribution in [-0.2, 0) is 15.8 Å². The minimum Gasteiger partial charge on any atom is -0.497 e. The summed E-state index contributed by atoms with van der Waals surface area (Å²) in [6.45, 7) is 3.31. The van der Waals surface area contributed by atoms with Crippen LogP contribution in [0.5, 0.6) is 5.75 Å². The van der Waals surface area contributed by atoms with Crippen molar-refractivity contribution >= 4 is 62.9 Å². The number of rotatable bonds is 8. The molecule has 0 aliphatic carbocycles. The van der Waals surface area contributed by atoms with Gasteiger partial charge in [0.2, 0.25) is 0 Å². The van der Waals surface area contributed by atoms with Crippen molar-refractivity contribution < 1.29 is 13.7 Å². The Morgan fingerprint density at radius 3 is 2.24 bits per heavy atom. The Kier molecular flexibility index (Phi) is 9.40. The number of aromatic nitrogens is 2. The Labute approximate surface area is 223 Å². The van der Waals surface area contributed by atoms with E-state index < -0.39 is 16.5 Å². The van der Waals surface area contributed by atoms with Crippen molar-refractivity contribution in [1.29, 1.82) is 0 Å². The molecule has 0 radical (unpaired) electrons. The molecule has 5 N–H and O–H groups in total. The van der Waals surface area contributed by atoms with E-state index in [9.17, 15) is 9.00 Å². The number of para-hydroxylation sites is 2. The number of halogens is 1. The van der Waals surface area contributed by atoms with Crippen molar-refractivity contribution in [3.8, 4) is 5.75 Å². The predicted molar refractivity (Wildman–Crippen MR) is 151 cm³/mol. The summed E-state index contributed by atoms with van der Waals surface area (Å²) in [5, 5.41) is 6.72. The van der Waals surface area contributed by atoms with Crippen LogP contribution in [-0.4, -0.2) is 40.2 Å². The van der Waals surface area contributed by atoms with Crippen molar-refractivity contribution in [1.82, 2.24) is 9.97 Å². The molecule has 4 aromatic rings. The number of methoxy groups -OCH3 is 1. The van der Waals surface area contributed by atoms with Gasteiger partial charge in [-0.3, -0.25) is 4.72 Å². The molecular formula is C26H29ClN6O3S. The second kappa shape index (κ2) is 12.5. The Balaban J connectivity index is 0.000000568. The van der Waals surface area contributed by atoms with E-state index in [1.54, 1.807) is 45.2 Å². The van der Waals surface area contributed by atoms with Crippen molar-refractivity contribution in [2.75, 3.05) is 29.5 Å². The van der Waals surface area contributed by atoms with Crippen molar-refractivity contribution in [3.63, 3.8) is 0 Å². The fraction of sp³-hybridized carbons (Fsp3) is 0.192. The molecule has 4 rings (SSSR count).